The summed E-state index contributed by atoms with van der Waals surface area (Å²) in [4.78, 5) is 15.4. The highest BCUT2D eigenvalue weighted by Crippen LogP contribution is 2.29. The van der Waals surface area contributed by atoms with Crippen molar-refractivity contribution < 1.29 is 9.90 Å². The summed E-state index contributed by atoms with van der Waals surface area (Å²) in [6, 6.07) is 7.07. The van der Waals surface area contributed by atoms with E-state index >= 15 is 0 Å². The van der Waals surface area contributed by atoms with Crippen LogP contribution in [0.4, 0.5) is 0 Å². The molecule has 3 rings (SSSR count). The number of pyridine rings is 1. The van der Waals surface area contributed by atoms with E-state index in [1.165, 1.54) is 4.52 Å². The van der Waals surface area contributed by atoms with E-state index in [2.05, 4.69) is 16.4 Å². The highest BCUT2D eigenvalue weighted by molar-refractivity contribution is 5.99. The standard InChI is InChI=1S/C15H13N4O2/c1-8-5-10(6-9(2)13(8)20)12-4-3-11(14(16)21)15-17-7-18-19(12)15/h3-6,20H,1-2H3,(H2,16,21). The number of primary amides is 1. The first-order chi connectivity index (χ1) is 9.99. The number of hydrogen-bond donors (Lipinski definition) is 2. The number of aromatic nitrogens is 3. The van der Waals surface area contributed by atoms with Crippen molar-refractivity contribution in [1.82, 2.24) is 14.6 Å². The molecule has 6 heteroatoms. The smallest absolute Gasteiger partial charge is 0.252 e. The predicted molar refractivity (Wildman–Crippen MR) is 76.9 cm³/mol. The quantitative estimate of drug-likeness (QED) is 0.746. The molecular formula is C15H13N4O2. The Morgan fingerprint density at radius 3 is 2.57 bits per heavy atom. The van der Waals surface area contributed by atoms with Gasteiger partial charge in [-0.05, 0) is 49.2 Å². The SMILES string of the molecule is Cc1cc(-c2ccc(C(N)=O)c3n[c]nn23)cc(C)c1O. The molecule has 2 heterocycles. The predicted octanol–water partition coefficient (Wildman–Crippen LogP) is 1.62. The van der Waals surface area contributed by atoms with Crippen LogP contribution in [0.25, 0.3) is 16.9 Å². The molecule has 0 unspecified atom stereocenters. The number of fused-ring (bicyclic) bond motifs is 1. The van der Waals surface area contributed by atoms with Crippen molar-refractivity contribution in [3.05, 3.63) is 47.3 Å². The first kappa shape index (κ1) is 13.1. The van der Waals surface area contributed by atoms with E-state index in [9.17, 15) is 9.90 Å². The van der Waals surface area contributed by atoms with E-state index in [4.69, 9.17) is 5.73 Å². The van der Waals surface area contributed by atoms with Crippen molar-refractivity contribution in [2.24, 2.45) is 5.73 Å². The minimum absolute atomic E-state index is 0.272. The molecule has 1 aromatic carbocycles. The number of nitrogens with zero attached hydrogens (tertiary/aromatic N) is 3. The van der Waals surface area contributed by atoms with Crippen LogP contribution in [0.15, 0.2) is 24.3 Å². The maximum Gasteiger partial charge on any atom is 0.252 e. The number of benzene rings is 1. The minimum atomic E-state index is -0.564. The lowest BCUT2D eigenvalue weighted by molar-refractivity contribution is 0.100. The van der Waals surface area contributed by atoms with E-state index < -0.39 is 5.91 Å². The summed E-state index contributed by atoms with van der Waals surface area (Å²) in [5.41, 5.74) is 9.12. The molecule has 0 aliphatic carbocycles. The molecule has 105 valence electrons. The zero-order valence-electron chi connectivity index (χ0n) is 11.6. The van der Waals surface area contributed by atoms with E-state index in [1.54, 1.807) is 12.1 Å². The molecule has 0 saturated carbocycles. The summed E-state index contributed by atoms with van der Waals surface area (Å²) in [7, 11) is 0. The zero-order valence-corrected chi connectivity index (χ0v) is 11.6. The Balaban J connectivity index is 2.29. The number of carbonyl (C=O) groups excluding carboxylic acids is 1. The number of phenolic OH excluding ortho intramolecular Hbond substituents is 1. The molecule has 6 nitrogen and oxygen atoms in total. The van der Waals surface area contributed by atoms with Gasteiger partial charge in [0.1, 0.15) is 5.75 Å². The van der Waals surface area contributed by atoms with Crippen LogP contribution in [0.1, 0.15) is 21.5 Å². The van der Waals surface area contributed by atoms with Crippen molar-refractivity contribution in [2.75, 3.05) is 0 Å². The van der Waals surface area contributed by atoms with E-state index in [1.807, 2.05) is 26.0 Å². The first-order valence-corrected chi connectivity index (χ1v) is 6.35. The average Bonchev–Trinajstić information content (AvgIpc) is 2.92. The van der Waals surface area contributed by atoms with Crippen molar-refractivity contribution in [1.29, 1.82) is 0 Å². The Hall–Kier alpha value is -2.89. The Kier molecular flexibility index (Phi) is 2.86. The Morgan fingerprint density at radius 2 is 1.95 bits per heavy atom. The maximum absolute atomic E-state index is 11.4. The second kappa shape index (κ2) is 4.59. The first-order valence-electron chi connectivity index (χ1n) is 6.35. The molecule has 0 fully saturated rings. The second-order valence-corrected chi connectivity index (χ2v) is 4.90. The summed E-state index contributed by atoms with van der Waals surface area (Å²) in [6.45, 7) is 3.66. The third-order valence-corrected chi connectivity index (χ3v) is 3.43. The number of rotatable bonds is 2. The van der Waals surface area contributed by atoms with E-state index in [0.717, 1.165) is 22.4 Å². The molecule has 0 aliphatic rings. The van der Waals surface area contributed by atoms with Gasteiger partial charge in [-0.1, -0.05) is 0 Å². The number of carbonyl (C=O) groups is 1. The fourth-order valence-corrected chi connectivity index (χ4v) is 2.37. The lowest BCUT2D eigenvalue weighted by Gasteiger charge is -2.10. The van der Waals surface area contributed by atoms with Crippen molar-refractivity contribution in [3.63, 3.8) is 0 Å². The van der Waals surface area contributed by atoms with Crippen LogP contribution < -0.4 is 5.73 Å². The molecule has 3 N–H and O–H groups in total. The summed E-state index contributed by atoms with van der Waals surface area (Å²) in [5, 5.41) is 13.9. The van der Waals surface area contributed by atoms with Gasteiger partial charge in [-0.3, -0.25) is 4.79 Å². The molecule has 0 spiro atoms. The van der Waals surface area contributed by atoms with Crippen LogP contribution in [0, 0.1) is 20.2 Å². The largest absolute Gasteiger partial charge is 0.507 e. The highest BCUT2D eigenvalue weighted by atomic mass is 16.3. The molecule has 2 aromatic heterocycles. The number of aromatic hydroxyl groups is 1. The van der Waals surface area contributed by atoms with Gasteiger partial charge in [0.15, 0.2) is 5.65 Å². The zero-order chi connectivity index (χ0) is 15.1. The minimum Gasteiger partial charge on any atom is -0.507 e. The summed E-state index contributed by atoms with van der Waals surface area (Å²) >= 11 is 0. The molecule has 0 atom stereocenters. The lowest BCUT2D eigenvalue weighted by Crippen LogP contribution is -2.13. The lowest BCUT2D eigenvalue weighted by atomic mass is 10.0. The highest BCUT2D eigenvalue weighted by Gasteiger charge is 2.14. The van der Waals surface area contributed by atoms with Gasteiger partial charge in [-0.2, -0.15) is 0 Å². The topological polar surface area (TPSA) is 93.5 Å². The molecule has 1 amide bonds. The van der Waals surface area contributed by atoms with Crippen LogP contribution in [0.3, 0.4) is 0 Å². The van der Waals surface area contributed by atoms with Gasteiger partial charge in [0.2, 0.25) is 6.33 Å². The maximum atomic E-state index is 11.4. The Labute approximate surface area is 120 Å². The van der Waals surface area contributed by atoms with Gasteiger partial charge in [0.05, 0.1) is 11.3 Å². The summed E-state index contributed by atoms with van der Waals surface area (Å²) < 4.78 is 1.52. The van der Waals surface area contributed by atoms with Crippen LogP contribution >= 0.6 is 0 Å². The molecular weight excluding hydrogens is 268 g/mol. The second-order valence-electron chi connectivity index (χ2n) is 4.90. The number of phenols is 1. The van der Waals surface area contributed by atoms with Crippen LogP contribution in [-0.4, -0.2) is 25.6 Å². The van der Waals surface area contributed by atoms with Gasteiger partial charge in [0, 0.05) is 5.56 Å². The number of hydrogen-bond acceptors (Lipinski definition) is 4. The van der Waals surface area contributed by atoms with Gasteiger partial charge in [-0.15, -0.1) is 5.10 Å². The Morgan fingerprint density at radius 1 is 1.29 bits per heavy atom. The van der Waals surface area contributed by atoms with Gasteiger partial charge >= 0.3 is 0 Å². The number of amides is 1. The molecule has 21 heavy (non-hydrogen) atoms. The van der Waals surface area contributed by atoms with Crippen molar-refractivity contribution in [3.8, 4) is 17.0 Å². The molecule has 3 aromatic rings. The molecule has 0 saturated heterocycles. The van der Waals surface area contributed by atoms with Crippen LogP contribution in [0.5, 0.6) is 5.75 Å². The monoisotopic (exact) mass is 281 g/mol. The fourth-order valence-electron chi connectivity index (χ4n) is 2.37. The normalized spacial score (nSPS) is 11.0. The number of aryl methyl sites for hydroxylation is 2. The van der Waals surface area contributed by atoms with E-state index in [-0.39, 0.29) is 5.75 Å². The van der Waals surface area contributed by atoms with E-state index in [0.29, 0.717) is 11.2 Å². The number of nitrogens with two attached hydrogens (primary N) is 1. The van der Waals surface area contributed by atoms with Gasteiger partial charge in [-0.25, -0.2) is 9.50 Å². The third kappa shape index (κ3) is 2.01. The van der Waals surface area contributed by atoms with Gasteiger partial charge < -0.3 is 10.8 Å². The molecule has 1 radical (unpaired) electrons. The van der Waals surface area contributed by atoms with Crippen molar-refractivity contribution in [2.45, 2.75) is 13.8 Å². The van der Waals surface area contributed by atoms with Crippen molar-refractivity contribution >= 4 is 11.6 Å². The third-order valence-electron chi connectivity index (χ3n) is 3.43. The van der Waals surface area contributed by atoms with Gasteiger partial charge in [0.25, 0.3) is 5.91 Å². The van der Waals surface area contributed by atoms with Crippen LogP contribution in [-0.2, 0) is 0 Å². The molecule has 0 aliphatic heterocycles. The fraction of sp³-hybridized carbons (Fsp3) is 0.133. The molecule has 0 bridgehead atoms. The Bertz CT molecular complexity index is 844. The summed E-state index contributed by atoms with van der Waals surface area (Å²) in [5.74, 6) is -0.292. The van der Waals surface area contributed by atoms with Crippen LogP contribution in [0.2, 0.25) is 0 Å². The summed E-state index contributed by atoms with van der Waals surface area (Å²) in [6.07, 6.45) is 2.49. The average molecular weight is 281 g/mol.